The second-order valence-electron chi connectivity index (χ2n) is 6.70. The number of cyclic esters (lactones) is 1. The summed E-state index contributed by atoms with van der Waals surface area (Å²) in [4.78, 5) is 23.7. The topological polar surface area (TPSA) is 98.8 Å². The van der Waals surface area contributed by atoms with Crippen LogP contribution in [0.5, 0.6) is 17.2 Å². The smallest absolute Gasteiger partial charge is 0.338 e. The third kappa shape index (κ3) is 5.30. The van der Waals surface area contributed by atoms with Crippen LogP contribution in [-0.2, 0) is 30.3 Å². The molecule has 0 spiro atoms. The minimum Gasteiger partial charge on any atom is -0.493 e. The Morgan fingerprint density at radius 2 is 1.72 bits per heavy atom. The number of hydrogen-bond donors (Lipinski definition) is 0. The molecule has 1 aliphatic rings. The first kappa shape index (κ1) is 23.4. The third-order valence-corrected chi connectivity index (χ3v) is 4.78. The maximum atomic E-state index is 12.0. The van der Waals surface area contributed by atoms with Gasteiger partial charge in [0.25, 0.3) is 0 Å². The van der Waals surface area contributed by atoms with E-state index in [0.717, 1.165) is 11.1 Å². The van der Waals surface area contributed by atoms with E-state index in [2.05, 4.69) is 0 Å². The van der Waals surface area contributed by atoms with E-state index in [1.54, 1.807) is 25.3 Å². The van der Waals surface area contributed by atoms with E-state index in [-0.39, 0.29) is 32.4 Å². The molecule has 0 atom stereocenters. The Morgan fingerprint density at radius 3 is 2.47 bits per heavy atom. The summed E-state index contributed by atoms with van der Waals surface area (Å²) in [6.45, 7) is 0.806. The van der Waals surface area contributed by atoms with Gasteiger partial charge in [-0.25, -0.2) is 9.59 Å². The minimum absolute atomic E-state index is 0.0147. The molecule has 0 N–H and O–H groups in total. The van der Waals surface area contributed by atoms with Crippen molar-refractivity contribution in [2.24, 2.45) is 0 Å². The molecule has 1 aliphatic heterocycles. The molecule has 0 radical (unpaired) electrons. The van der Waals surface area contributed by atoms with Gasteiger partial charge in [-0.3, -0.25) is 0 Å². The number of rotatable bonds is 12. The van der Waals surface area contributed by atoms with Crippen LogP contribution in [0.1, 0.15) is 15.9 Å². The van der Waals surface area contributed by atoms with Crippen LogP contribution in [0, 0.1) is 0 Å². The average molecular weight is 446 g/mol. The van der Waals surface area contributed by atoms with Crippen LogP contribution in [0.15, 0.2) is 30.3 Å². The van der Waals surface area contributed by atoms with Gasteiger partial charge in [-0.05, 0) is 23.8 Å². The van der Waals surface area contributed by atoms with E-state index in [1.807, 2.05) is 12.1 Å². The highest BCUT2D eigenvalue weighted by atomic mass is 16.6. The SMILES string of the molecule is COCCOCC(=O)OCCOc1c(-c2cccc3c2COC3=O)ccc(OC)c1OC. The van der Waals surface area contributed by atoms with Crippen molar-refractivity contribution in [3.63, 3.8) is 0 Å². The first-order chi connectivity index (χ1) is 15.6. The van der Waals surface area contributed by atoms with Crippen LogP contribution in [0.2, 0.25) is 0 Å². The number of ether oxygens (including phenoxy) is 7. The molecule has 172 valence electrons. The second-order valence-corrected chi connectivity index (χ2v) is 6.70. The van der Waals surface area contributed by atoms with Crippen LogP contribution in [0.25, 0.3) is 11.1 Å². The first-order valence-electron chi connectivity index (χ1n) is 10.00. The highest BCUT2D eigenvalue weighted by molar-refractivity contribution is 5.96. The maximum Gasteiger partial charge on any atom is 0.338 e. The fraction of sp³-hybridized carbons (Fsp3) is 0.391. The molecular weight excluding hydrogens is 420 g/mol. The first-order valence-corrected chi connectivity index (χ1v) is 10.00. The molecule has 0 saturated carbocycles. The highest BCUT2D eigenvalue weighted by Crippen LogP contribution is 2.46. The van der Waals surface area contributed by atoms with Crippen LogP contribution in [0.4, 0.5) is 0 Å². The molecule has 2 aromatic rings. The van der Waals surface area contributed by atoms with Crippen LogP contribution < -0.4 is 14.2 Å². The Labute approximate surface area is 186 Å². The van der Waals surface area contributed by atoms with Crippen molar-refractivity contribution in [1.82, 2.24) is 0 Å². The van der Waals surface area contributed by atoms with Gasteiger partial charge >= 0.3 is 11.9 Å². The lowest BCUT2D eigenvalue weighted by atomic mass is 9.95. The van der Waals surface area contributed by atoms with Crippen molar-refractivity contribution in [3.8, 4) is 28.4 Å². The van der Waals surface area contributed by atoms with Crippen molar-refractivity contribution in [2.45, 2.75) is 6.61 Å². The van der Waals surface area contributed by atoms with Crippen LogP contribution in [0.3, 0.4) is 0 Å². The zero-order valence-corrected chi connectivity index (χ0v) is 18.3. The fourth-order valence-corrected chi connectivity index (χ4v) is 3.29. The van der Waals surface area contributed by atoms with Crippen LogP contribution >= 0.6 is 0 Å². The number of hydrogen-bond acceptors (Lipinski definition) is 9. The Hall–Kier alpha value is -3.30. The zero-order valence-electron chi connectivity index (χ0n) is 18.3. The largest absolute Gasteiger partial charge is 0.493 e. The number of carbonyl (C=O) groups is 2. The van der Waals surface area contributed by atoms with E-state index >= 15 is 0 Å². The summed E-state index contributed by atoms with van der Waals surface area (Å²) in [5.74, 6) is 0.423. The number of fused-ring (bicyclic) bond motifs is 1. The van der Waals surface area contributed by atoms with Crippen molar-refractivity contribution in [3.05, 3.63) is 41.5 Å². The van der Waals surface area contributed by atoms with E-state index < -0.39 is 5.97 Å². The van der Waals surface area contributed by atoms with E-state index in [0.29, 0.717) is 41.6 Å². The minimum atomic E-state index is -0.501. The normalized spacial score (nSPS) is 12.2. The molecule has 9 nitrogen and oxygen atoms in total. The highest BCUT2D eigenvalue weighted by Gasteiger charge is 2.27. The quantitative estimate of drug-likeness (QED) is 0.360. The summed E-state index contributed by atoms with van der Waals surface area (Å²) in [5.41, 5.74) is 2.78. The molecule has 1 heterocycles. The molecule has 3 rings (SSSR count). The molecule has 0 aliphatic carbocycles. The van der Waals surface area contributed by atoms with Gasteiger partial charge in [0.05, 0.1) is 33.0 Å². The number of carbonyl (C=O) groups excluding carboxylic acids is 2. The summed E-state index contributed by atoms with van der Waals surface area (Å²) < 4.78 is 37.2. The lowest BCUT2D eigenvalue weighted by Gasteiger charge is -2.19. The van der Waals surface area contributed by atoms with Crippen molar-refractivity contribution < 1.29 is 42.7 Å². The van der Waals surface area contributed by atoms with Gasteiger partial charge in [0, 0.05) is 18.2 Å². The van der Waals surface area contributed by atoms with Gasteiger partial charge < -0.3 is 33.2 Å². The molecular formula is C23H26O9. The Kier molecular flexibility index (Phi) is 8.29. The second kappa shape index (κ2) is 11.4. The summed E-state index contributed by atoms with van der Waals surface area (Å²) in [6, 6.07) is 8.97. The predicted molar refractivity (Wildman–Crippen MR) is 113 cm³/mol. The molecule has 0 saturated heterocycles. The van der Waals surface area contributed by atoms with Crippen molar-refractivity contribution in [2.75, 3.05) is 54.4 Å². The van der Waals surface area contributed by atoms with Gasteiger partial charge in [-0.2, -0.15) is 0 Å². The number of esters is 2. The van der Waals surface area contributed by atoms with Crippen molar-refractivity contribution >= 4 is 11.9 Å². The summed E-state index contributed by atoms with van der Waals surface area (Å²) in [5, 5.41) is 0. The van der Waals surface area contributed by atoms with Crippen LogP contribution in [-0.4, -0.2) is 66.3 Å². The summed E-state index contributed by atoms with van der Waals surface area (Å²) >= 11 is 0. The standard InChI is InChI=1S/C23H26O9/c1-26-9-10-29-14-20(24)30-11-12-31-21-16(7-8-19(27-2)22(21)28-3)15-5-4-6-17-18(15)13-32-23(17)25/h4-8H,9-14H2,1-3H3. The predicted octanol–water partition coefficient (Wildman–Crippen LogP) is 2.63. The molecule has 2 aromatic carbocycles. The van der Waals surface area contributed by atoms with Crippen molar-refractivity contribution in [1.29, 1.82) is 0 Å². The van der Waals surface area contributed by atoms with Gasteiger partial charge in [-0.1, -0.05) is 12.1 Å². The Balaban J connectivity index is 1.77. The monoisotopic (exact) mass is 446 g/mol. The Morgan fingerprint density at radius 1 is 0.906 bits per heavy atom. The van der Waals surface area contributed by atoms with E-state index in [9.17, 15) is 9.59 Å². The number of methoxy groups -OCH3 is 3. The third-order valence-electron chi connectivity index (χ3n) is 4.78. The maximum absolute atomic E-state index is 12.0. The molecule has 9 heteroatoms. The van der Waals surface area contributed by atoms with Gasteiger partial charge in [0.2, 0.25) is 5.75 Å². The Bertz CT molecular complexity index is 955. The van der Waals surface area contributed by atoms with Gasteiger partial charge in [0.1, 0.15) is 26.4 Å². The van der Waals surface area contributed by atoms with Gasteiger partial charge in [0.15, 0.2) is 11.5 Å². The lowest BCUT2D eigenvalue weighted by molar-refractivity contribution is -0.150. The molecule has 0 bridgehead atoms. The van der Waals surface area contributed by atoms with E-state index in [4.69, 9.17) is 33.2 Å². The molecule has 0 amide bonds. The van der Waals surface area contributed by atoms with E-state index in [1.165, 1.54) is 14.2 Å². The summed E-state index contributed by atoms with van der Waals surface area (Å²) in [7, 11) is 4.59. The lowest BCUT2D eigenvalue weighted by Crippen LogP contribution is -2.18. The molecule has 32 heavy (non-hydrogen) atoms. The molecule has 0 fully saturated rings. The fourth-order valence-electron chi connectivity index (χ4n) is 3.29. The molecule has 0 unspecified atom stereocenters. The summed E-state index contributed by atoms with van der Waals surface area (Å²) in [6.07, 6.45) is 0. The molecule has 0 aromatic heterocycles. The average Bonchev–Trinajstić information content (AvgIpc) is 3.20. The zero-order chi connectivity index (χ0) is 22.9. The van der Waals surface area contributed by atoms with Gasteiger partial charge in [-0.15, -0.1) is 0 Å². The number of benzene rings is 2.